The third-order valence-electron chi connectivity index (χ3n) is 3.02. The zero-order valence-electron chi connectivity index (χ0n) is 7.35. The Morgan fingerprint density at radius 1 is 1.31 bits per heavy atom. The summed E-state index contributed by atoms with van der Waals surface area (Å²) in [5.41, 5.74) is 0. The Labute approximate surface area is 104 Å². The average molecular weight is 387 g/mol. The molecule has 1 saturated heterocycles. The van der Waals surface area contributed by atoms with Crippen molar-refractivity contribution in [1.29, 1.82) is 0 Å². The fourth-order valence-electron chi connectivity index (χ4n) is 2.23. The predicted molar refractivity (Wildman–Crippen MR) is 69.0 cm³/mol. The van der Waals surface area contributed by atoms with Crippen molar-refractivity contribution in [1.82, 2.24) is 0 Å². The monoisotopic (exact) mass is 386 g/mol. The molecule has 2 aliphatic heterocycles. The Morgan fingerprint density at radius 2 is 2.00 bits per heavy atom. The standard InChI is InChI=1S/C9H12Br2SeSi/c10-6-9-12-7-8(11)13(9)4-2-1-3-5-13/h6-7H,1-5H2/b9-6+. The van der Waals surface area contributed by atoms with Crippen molar-refractivity contribution in [2.45, 2.75) is 31.4 Å². The molecule has 0 N–H and O–H groups in total. The average Bonchev–Trinajstić information content (AvgIpc) is 2.46. The molecular formula is C9H12Br2SeSi. The molecule has 0 aromatic carbocycles. The predicted octanol–water partition coefficient (Wildman–Crippen LogP) is 3.89. The fourth-order valence-corrected chi connectivity index (χ4v) is 17.1. The van der Waals surface area contributed by atoms with Gasteiger partial charge in [-0.1, -0.05) is 0 Å². The van der Waals surface area contributed by atoms with Gasteiger partial charge in [-0.2, -0.15) is 0 Å². The van der Waals surface area contributed by atoms with Crippen LogP contribution in [0.3, 0.4) is 0 Å². The molecule has 0 aromatic heterocycles. The SMILES string of the molecule is Br/C=C1\[Se]C=C(Br)[Si]12CCCCC2. The second kappa shape index (κ2) is 4.36. The molecule has 0 amide bonds. The van der Waals surface area contributed by atoms with E-state index in [0.29, 0.717) is 15.0 Å². The summed E-state index contributed by atoms with van der Waals surface area (Å²) in [5, 5.41) is 0. The van der Waals surface area contributed by atoms with E-state index in [1.54, 1.807) is 8.20 Å². The molecule has 0 nitrogen and oxygen atoms in total. The van der Waals surface area contributed by atoms with Crippen molar-refractivity contribution < 1.29 is 0 Å². The van der Waals surface area contributed by atoms with Crippen LogP contribution in [0.5, 0.6) is 0 Å². The van der Waals surface area contributed by atoms with Crippen molar-refractivity contribution in [3.63, 3.8) is 0 Å². The van der Waals surface area contributed by atoms with E-state index in [4.69, 9.17) is 0 Å². The van der Waals surface area contributed by atoms with Crippen LogP contribution in [-0.4, -0.2) is 23.0 Å². The fraction of sp³-hybridized carbons (Fsp3) is 0.556. The summed E-state index contributed by atoms with van der Waals surface area (Å²) in [6.45, 7) is 0. The van der Waals surface area contributed by atoms with Gasteiger partial charge in [-0.3, -0.25) is 0 Å². The van der Waals surface area contributed by atoms with Crippen LogP contribution in [0.4, 0.5) is 0 Å². The second-order valence-electron chi connectivity index (χ2n) is 3.70. The summed E-state index contributed by atoms with van der Waals surface area (Å²) in [5.74, 6) is 0. The van der Waals surface area contributed by atoms with Crippen molar-refractivity contribution in [3.8, 4) is 0 Å². The van der Waals surface area contributed by atoms with E-state index < -0.39 is 8.07 Å². The minimum atomic E-state index is -1.13. The third-order valence-corrected chi connectivity index (χ3v) is 17.4. The van der Waals surface area contributed by atoms with Gasteiger partial charge < -0.3 is 0 Å². The first kappa shape index (κ1) is 10.7. The van der Waals surface area contributed by atoms with Crippen LogP contribution in [-0.2, 0) is 0 Å². The van der Waals surface area contributed by atoms with Gasteiger partial charge in [0.05, 0.1) is 0 Å². The summed E-state index contributed by atoms with van der Waals surface area (Å²) in [7, 11) is -1.13. The van der Waals surface area contributed by atoms with E-state index in [0.717, 1.165) is 0 Å². The number of halogens is 2. The molecule has 2 heterocycles. The summed E-state index contributed by atoms with van der Waals surface area (Å²) in [6.07, 6.45) is 4.36. The molecule has 0 aliphatic carbocycles. The molecule has 0 radical (unpaired) electrons. The van der Waals surface area contributed by atoms with Gasteiger partial charge in [0.25, 0.3) is 0 Å². The molecule has 0 saturated carbocycles. The maximum absolute atomic E-state index is 3.81. The molecule has 13 heavy (non-hydrogen) atoms. The van der Waals surface area contributed by atoms with Crippen molar-refractivity contribution >= 4 is 54.9 Å². The summed E-state index contributed by atoms with van der Waals surface area (Å²) in [4.78, 5) is 4.69. The van der Waals surface area contributed by atoms with Crippen LogP contribution in [0.25, 0.3) is 0 Å². The molecule has 2 rings (SSSR count). The Kier molecular flexibility index (Phi) is 3.58. The molecule has 0 aromatic rings. The molecule has 1 fully saturated rings. The summed E-state index contributed by atoms with van der Waals surface area (Å²) in [6, 6.07) is 2.98. The van der Waals surface area contributed by atoms with E-state index in [-0.39, 0.29) is 0 Å². The van der Waals surface area contributed by atoms with E-state index in [9.17, 15) is 0 Å². The van der Waals surface area contributed by atoms with Gasteiger partial charge in [-0.15, -0.1) is 0 Å². The van der Waals surface area contributed by atoms with Crippen molar-refractivity contribution in [2.75, 3.05) is 0 Å². The van der Waals surface area contributed by atoms with Gasteiger partial charge in [-0.05, 0) is 0 Å². The van der Waals surface area contributed by atoms with Crippen LogP contribution in [0.2, 0.25) is 12.1 Å². The van der Waals surface area contributed by atoms with Gasteiger partial charge in [0.2, 0.25) is 0 Å². The van der Waals surface area contributed by atoms with Gasteiger partial charge in [0.1, 0.15) is 0 Å². The topological polar surface area (TPSA) is 0 Å². The van der Waals surface area contributed by atoms with E-state index >= 15 is 0 Å². The van der Waals surface area contributed by atoms with Crippen LogP contribution in [0.1, 0.15) is 19.3 Å². The number of hydrogen-bond donors (Lipinski definition) is 0. The van der Waals surface area contributed by atoms with Crippen molar-refractivity contribution in [2.24, 2.45) is 0 Å². The number of rotatable bonds is 0. The second-order valence-corrected chi connectivity index (χ2v) is 12.7. The molecule has 1 spiro atoms. The van der Waals surface area contributed by atoms with Crippen LogP contribution < -0.4 is 0 Å². The summed E-state index contributed by atoms with van der Waals surface area (Å²) >= 11 is 8.01. The van der Waals surface area contributed by atoms with Crippen LogP contribution in [0.15, 0.2) is 18.2 Å². The van der Waals surface area contributed by atoms with Gasteiger partial charge in [0, 0.05) is 0 Å². The zero-order valence-corrected chi connectivity index (χ0v) is 13.2. The molecule has 4 heteroatoms. The first-order valence-electron chi connectivity index (χ1n) is 4.63. The molecule has 2 aliphatic rings. The zero-order chi connectivity index (χ0) is 9.31. The van der Waals surface area contributed by atoms with Crippen LogP contribution >= 0.6 is 31.9 Å². The molecule has 0 bridgehead atoms. The van der Waals surface area contributed by atoms with Gasteiger partial charge >= 0.3 is 104 Å². The Hall–Kier alpha value is 1.18. The molecular weight excluding hydrogens is 375 g/mol. The molecule has 0 unspecified atom stereocenters. The first-order valence-corrected chi connectivity index (χ1v) is 10.6. The minimum absolute atomic E-state index is 0.645. The van der Waals surface area contributed by atoms with Gasteiger partial charge in [0.15, 0.2) is 0 Å². The van der Waals surface area contributed by atoms with E-state index in [2.05, 4.69) is 41.8 Å². The van der Waals surface area contributed by atoms with Crippen LogP contribution in [0, 0.1) is 0 Å². The Morgan fingerprint density at radius 3 is 2.62 bits per heavy atom. The Bertz CT molecular complexity index is 267. The number of hydrogen-bond acceptors (Lipinski definition) is 0. The quantitative estimate of drug-likeness (QED) is 0.554. The Balaban J connectivity index is 2.30. The maximum atomic E-state index is 3.81. The summed E-state index contributed by atoms with van der Waals surface area (Å²) < 4.78 is 3.37. The third kappa shape index (κ3) is 1.81. The normalized spacial score (nSPS) is 29.7. The van der Waals surface area contributed by atoms with E-state index in [1.807, 2.05) is 0 Å². The first-order chi connectivity index (χ1) is 6.29. The molecule has 0 atom stereocenters. The van der Waals surface area contributed by atoms with E-state index in [1.165, 1.54) is 31.4 Å². The van der Waals surface area contributed by atoms with Gasteiger partial charge in [-0.25, -0.2) is 0 Å². The molecule has 72 valence electrons. The van der Waals surface area contributed by atoms with Crippen molar-refractivity contribution in [3.05, 3.63) is 18.2 Å².